The summed E-state index contributed by atoms with van der Waals surface area (Å²) in [4.78, 5) is 24.2. The van der Waals surface area contributed by atoms with Crippen LogP contribution in [0.5, 0.6) is 0 Å². The van der Waals surface area contributed by atoms with Crippen LogP contribution in [0.4, 0.5) is 11.4 Å². The maximum atomic E-state index is 13.2. The Labute approximate surface area is 198 Å². The van der Waals surface area contributed by atoms with Gasteiger partial charge in [0, 0.05) is 22.1 Å². The van der Waals surface area contributed by atoms with Gasteiger partial charge in [-0.1, -0.05) is 33.6 Å². The fraction of sp³-hybridized carbons (Fsp3) is 0.0909. The summed E-state index contributed by atoms with van der Waals surface area (Å²) in [6.07, 6.45) is 0. The lowest BCUT2D eigenvalue weighted by Crippen LogP contribution is -2.27. The van der Waals surface area contributed by atoms with E-state index in [9.17, 15) is 23.1 Å². The van der Waals surface area contributed by atoms with Crippen LogP contribution in [0.1, 0.15) is 26.3 Å². The molecule has 0 radical (unpaired) electrons. The summed E-state index contributed by atoms with van der Waals surface area (Å²) in [5.41, 5.74) is 0.920. The van der Waals surface area contributed by atoms with Gasteiger partial charge < -0.3 is 10.4 Å². The zero-order valence-corrected chi connectivity index (χ0v) is 20.1. The number of amides is 1. The van der Waals surface area contributed by atoms with Crippen molar-refractivity contribution in [3.8, 4) is 0 Å². The molecule has 0 atom stereocenters. The van der Waals surface area contributed by atoms with Gasteiger partial charge >= 0.3 is 5.97 Å². The topological polar surface area (TPSA) is 104 Å². The first-order chi connectivity index (χ1) is 15.0. The molecule has 0 aromatic heterocycles. The Hall–Kier alpha value is -2.88. The van der Waals surface area contributed by atoms with Crippen LogP contribution >= 0.6 is 27.5 Å². The van der Waals surface area contributed by atoms with E-state index in [0.29, 0.717) is 20.7 Å². The molecule has 3 rings (SSSR count). The number of carboxylic acids is 1. The van der Waals surface area contributed by atoms with E-state index in [1.165, 1.54) is 37.4 Å². The maximum Gasteiger partial charge on any atom is 0.337 e. The predicted octanol–water partition coefficient (Wildman–Crippen LogP) is 5.19. The second-order valence-electron chi connectivity index (χ2n) is 6.88. The normalized spacial score (nSPS) is 11.1. The molecule has 0 spiro atoms. The zero-order chi connectivity index (χ0) is 23.6. The number of nitrogens with zero attached hydrogens (tertiary/aromatic N) is 1. The molecule has 32 heavy (non-hydrogen) atoms. The first-order valence-corrected chi connectivity index (χ1v) is 11.8. The summed E-state index contributed by atoms with van der Waals surface area (Å²) in [7, 11) is -2.57. The van der Waals surface area contributed by atoms with E-state index in [-0.39, 0.29) is 21.7 Å². The van der Waals surface area contributed by atoms with Gasteiger partial charge in [0.1, 0.15) is 0 Å². The van der Waals surface area contributed by atoms with Gasteiger partial charge in [-0.2, -0.15) is 0 Å². The van der Waals surface area contributed by atoms with Crippen LogP contribution in [0.3, 0.4) is 0 Å². The molecule has 2 N–H and O–H groups in total. The highest BCUT2D eigenvalue weighted by molar-refractivity contribution is 9.10. The van der Waals surface area contributed by atoms with Crippen molar-refractivity contribution in [1.29, 1.82) is 0 Å². The minimum Gasteiger partial charge on any atom is -0.478 e. The van der Waals surface area contributed by atoms with Gasteiger partial charge in [-0.15, -0.1) is 0 Å². The average molecular weight is 538 g/mol. The van der Waals surface area contributed by atoms with Gasteiger partial charge in [-0.25, -0.2) is 13.2 Å². The molecule has 0 saturated heterocycles. The van der Waals surface area contributed by atoms with Gasteiger partial charge in [0.05, 0.1) is 21.8 Å². The number of anilines is 2. The standard InChI is InChI=1S/C22H18BrClN2O5S/c1-13-3-4-14(21(27)25-19-10-5-15(23)12-18(19)22(28)29)11-20(13)32(30,31)26(2)17-8-6-16(24)7-9-17/h3-12H,1-2H3,(H,25,27)(H,28,29). The molecule has 3 aromatic carbocycles. The summed E-state index contributed by atoms with van der Waals surface area (Å²) in [6.45, 7) is 1.63. The fourth-order valence-electron chi connectivity index (χ4n) is 2.95. The average Bonchev–Trinajstić information content (AvgIpc) is 2.75. The quantitative estimate of drug-likeness (QED) is 0.451. The van der Waals surface area contributed by atoms with Crippen molar-refractivity contribution in [1.82, 2.24) is 0 Å². The van der Waals surface area contributed by atoms with E-state index < -0.39 is 21.9 Å². The van der Waals surface area contributed by atoms with Gasteiger partial charge in [0.2, 0.25) is 0 Å². The number of nitrogens with one attached hydrogen (secondary N) is 1. The van der Waals surface area contributed by atoms with Crippen LogP contribution in [0.15, 0.2) is 70.0 Å². The number of carbonyl (C=O) groups is 2. The van der Waals surface area contributed by atoms with E-state index in [4.69, 9.17) is 11.6 Å². The molecule has 10 heteroatoms. The second-order valence-corrected chi connectivity index (χ2v) is 10.2. The molecule has 1 amide bonds. The summed E-state index contributed by atoms with van der Waals surface area (Å²) in [6, 6.07) is 15.0. The number of benzene rings is 3. The van der Waals surface area contributed by atoms with Crippen LogP contribution in [0, 0.1) is 6.92 Å². The molecule has 166 valence electrons. The number of sulfonamides is 1. The Morgan fingerprint density at radius 1 is 1.03 bits per heavy atom. The Bertz CT molecular complexity index is 1310. The van der Waals surface area contributed by atoms with E-state index in [2.05, 4.69) is 21.2 Å². The zero-order valence-electron chi connectivity index (χ0n) is 17.0. The summed E-state index contributed by atoms with van der Waals surface area (Å²) in [5.74, 6) is -1.85. The fourth-order valence-corrected chi connectivity index (χ4v) is 4.89. The highest BCUT2D eigenvalue weighted by atomic mass is 79.9. The number of hydrogen-bond acceptors (Lipinski definition) is 4. The molecule has 0 saturated carbocycles. The summed E-state index contributed by atoms with van der Waals surface area (Å²) in [5, 5.41) is 12.4. The van der Waals surface area contributed by atoms with Crippen LogP contribution in [-0.2, 0) is 10.0 Å². The van der Waals surface area contributed by atoms with E-state index >= 15 is 0 Å². The van der Waals surface area contributed by atoms with Gasteiger partial charge in [0.15, 0.2) is 0 Å². The number of aromatic carboxylic acids is 1. The van der Waals surface area contributed by atoms with Crippen LogP contribution in [0.25, 0.3) is 0 Å². The van der Waals surface area contributed by atoms with Gasteiger partial charge in [0.25, 0.3) is 15.9 Å². The van der Waals surface area contributed by atoms with Gasteiger partial charge in [-0.05, 0) is 67.1 Å². The Morgan fingerprint density at radius 3 is 2.31 bits per heavy atom. The van der Waals surface area contributed by atoms with Crippen molar-refractivity contribution < 1.29 is 23.1 Å². The van der Waals surface area contributed by atoms with Crippen LogP contribution < -0.4 is 9.62 Å². The van der Waals surface area contributed by atoms with Crippen molar-refractivity contribution in [2.75, 3.05) is 16.7 Å². The molecule has 0 fully saturated rings. The minimum atomic E-state index is -3.98. The predicted molar refractivity (Wildman–Crippen MR) is 127 cm³/mol. The lowest BCUT2D eigenvalue weighted by molar-refractivity contribution is 0.0698. The van der Waals surface area contributed by atoms with E-state index in [1.807, 2.05) is 0 Å². The Morgan fingerprint density at radius 2 is 1.69 bits per heavy atom. The smallest absolute Gasteiger partial charge is 0.337 e. The third-order valence-corrected chi connectivity index (χ3v) is 7.41. The number of hydrogen-bond donors (Lipinski definition) is 2. The lowest BCUT2D eigenvalue weighted by atomic mass is 10.1. The highest BCUT2D eigenvalue weighted by Gasteiger charge is 2.25. The molecule has 0 heterocycles. The van der Waals surface area contributed by atoms with Crippen LogP contribution in [-0.4, -0.2) is 32.4 Å². The number of rotatable bonds is 6. The number of halogens is 2. The molecule has 7 nitrogen and oxygen atoms in total. The van der Waals surface area contributed by atoms with Crippen molar-refractivity contribution >= 4 is 60.8 Å². The third-order valence-electron chi connectivity index (χ3n) is 4.74. The molecule has 0 unspecified atom stereocenters. The summed E-state index contributed by atoms with van der Waals surface area (Å²) < 4.78 is 28.1. The van der Waals surface area contributed by atoms with Gasteiger partial charge in [-0.3, -0.25) is 9.10 Å². The monoisotopic (exact) mass is 536 g/mol. The number of carboxylic acid groups (broad SMARTS) is 1. The van der Waals surface area contributed by atoms with Crippen molar-refractivity contribution in [2.24, 2.45) is 0 Å². The molecular formula is C22H18BrClN2O5S. The number of aryl methyl sites for hydroxylation is 1. The van der Waals surface area contributed by atoms with Crippen molar-refractivity contribution in [3.05, 3.63) is 86.8 Å². The van der Waals surface area contributed by atoms with Crippen molar-refractivity contribution in [2.45, 2.75) is 11.8 Å². The molecule has 0 aliphatic heterocycles. The highest BCUT2D eigenvalue weighted by Crippen LogP contribution is 2.27. The Kier molecular flexibility index (Phi) is 6.92. The molecular weight excluding hydrogens is 520 g/mol. The minimum absolute atomic E-state index is 0.0446. The first kappa shape index (κ1) is 23.8. The molecule has 3 aromatic rings. The largest absolute Gasteiger partial charge is 0.478 e. The van der Waals surface area contributed by atoms with Crippen molar-refractivity contribution in [3.63, 3.8) is 0 Å². The van der Waals surface area contributed by atoms with Crippen LogP contribution in [0.2, 0.25) is 5.02 Å². The van der Waals surface area contributed by atoms with E-state index in [0.717, 1.165) is 4.31 Å². The molecule has 0 aliphatic rings. The number of carbonyl (C=O) groups excluding carboxylic acids is 1. The first-order valence-electron chi connectivity index (χ1n) is 9.20. The lowest BCUT2D eigenvalue weighted by Gasteiger charge is -2.21. The SMILES string of the molecule is Cc1ccc(C(=O)Nc2ccc(Br)cc2C(=O)O)cc1S(=O)(=O)N(C)c1ccc(Cl)cc1. The summed E-state index contributed by atoms with van der Waals surface area (Å²) >= 11 is 9.08. The third kappa shape index (κ3) is 4.95. The van der Waals surface area contributed by atoms with E-state index in [1.54, 1.807) is 37.3 Å². The maximum absolute atomic E-state index is 13.2. The molecule has 0 aliphatic carbocycles. The Balaban J connectivity index is 1.96. The second kappa shape index (κ2) is 9.32. The molecule has 0 bridgehead atoms.